The second kappa shape index (κ2) is 2.71. The average Bonchev–Trinajstić information content (AvgIpc) is 2.56. The number of allylic oxidation sites excluding steroid dienone is 1. The quantitative estimate of drug-likeness (QED) is 0.516. The maximum absolute atomic E-state index is 6.06. The lowest BCUT2D eigenvalue weighted by molar-refractivity contribution is -0.0844. The van der Waals surface area contributed by atoms with E-state index in [1.54, 1.807) is 0 Å². The minimum absolute atomic E-state index is 0.212. The molecule has 0 amide bonds. The molecule has 0 aromatic rings. The van der Waals surface area contributed by atoms with Gasteiger partial charge in [0.1, 0.15) is 0 Å². The van der Waals surface area contributed by atoms with Gasteiger partial charge in [-0.25, -0.2) is 0 Å². The maximum Gasteiger partial charge on any atom is 0.0814 e. The predicted molar refractivity (Wildman–Crippen MR) is 52.4 cm³/mol. The summed E-state index contributed by atoms with van der Waals surface area (Å²) in [6.45, 7) is 0.834. The molecule has 2 aliphatic carbocycles. The van der Waals surface area contributed by atoms with Crippen LogP contribution in [0.4, 0.5) is 0 Å². The fraction of sp³-hybridized carbons (Fsp3) is 0.667. The molecule has 1 fully saturated rings. The first-order valence-corrected chi connectivity index (χ1v) is 5.39. The SMILES string of the molecule is C1=C[C@@H]2CC[C@@H]3C=CCO[C@]23CC1. The summed E-state index contributed by atoms with van der Waals surface area (Å²) in [6.07, 6.45) is 14.4. The van der Waals surface area contributed by atoms with Crippen molar-refractivity contribution < 1.29 is 4.74 Å². The monoisotopic (exact) mass is 176 g/mol. The van der Waals surface area contributed by atoms with Crippen molar-refractivity contribution in [2.45, 2.75) is 31.3 Å². The largest absolute Gasteiger partial charge is 0.370 e. The molecule has 0 unspecified atom stereocenters. The van der Waals surface area contributed by atoms with Crippen LogP contribution in [0.3, 0.4) is 0 Å². The molecule has 70 valence electrons. The molecule has 0 aromatic heterocycles. The van der Waals surface area contributed by atoms with Gasteiger partial charge in [-0.05, 0) is 25.7 Å². The molecule has 1 spiro atoms. The van der Waals surface area contributed by atoms with Gasteiger partial charge < -0.3 is 4.74 Å². The third kappa shape index (κ3) is 0.969. The Morgan fingerprint density at radius 1 is 1.08 bits per heavy atom. The van der Waals surface area contributed by atoms with E-state index in [0.717, 1.165) is 6.61 Å². The molecule has 0 saturated heterocycles. The molecule has 0 aromatic carbocycles. The minimum Gasteiger partial charge on any atom is -0.370 e. The van der Waals surface area contributed by atoms with Gasteiger partial charge in [-0.1, -0.05) is 24.3 Å². The van der Waals surface area contributed by atoms with Gasteiger partial charge in [0.15, 0.2) is 0 Å². The fourth-order valence-corrected chi connectivity index (χ4v) is 3.29. The third-order valence-electron chi connectivity index (χ3n) is 3.93. The van der Waals surface area contributed by atoms with Crippen molar-refractivity contribution in [3.05, 3.63) is 24.3 Å². The van der Waals surface area contributed by atoms with Gasteiger partial charge in [0, 0.05) is 11.8 Å². The first-order valence-electron chi connectivity index (χ1n) is 5.39. The van der Waals surface area contributed by atoms with E-state index in [9.17, 15) is 0 Å². The Bertz CT molecular complexity index is 236. The van der Waals surface area contributed by atoms with E-state index in [2.05, 4.69) is 24.3 Å². The Morgan fingerprint density at radius 3 is 2.69 bits per heavy atom. The van der Waals surface area contributed by atoms with Gasteiger partial charge in [-0.15, -0.1) is 0 Å². The predicted octanol–water partition coefficient (Wildman–Crippen LogP) is 2.69. The highest BCUT2D eigenvalue weighted by atomic mass is 16.5. The van der Waals surface area contributed by atoms with Gasteiger partial charge >= 0.3 is 0 Å². The highest BCUT2D eigenvalue weighted by molar-refractivity contribution is 5.18. The smallest absolute Gasteiger partial charge is 0.0814 e. The van der Waals surface area contributed by atoms with Crippen molar-refractivity contribution in [1.82, 2.24) is 0 Å². The molecule has 0 bridgehead atoms. The molecule has 1 heteroatoms. The Labute approximate surface area is 79.5 Å². The van der Waals surface area contributed by atoms with Crippen molar-refractivity contribution in [1.29, 1.82) is 0 Å². The van der Waals surface area contributed by atoms with Crippen LogP contribution in [0.25, 0.3) is 0 Å². The summed E-state index contributed by atoms with van der Waals surface area (Å²) < 4.78 is 6.06. The Hall–Kier alpha value is -0.560. The van der Waals surface area contributed by atoms with Crippen LogP contribution in [0.5, 0.6) is 0 Å². The van der Waals surface area contributed by atoms with Crippen LogP contribution in [0.2, 0.25) is 0 Å². The Kier molecular flexibility index (Phi) is 1.63. The van der Waals surface area contributed by atoms with Crippen LogP contribution in [0, 0.1) is 11.8 Å². The van der Waals surface area contributed by atoms with Crippen molar-refractivity contribution in [2.75, 3.05) is 6.61 Å². The van der Waals surface area contributed by atoms with Crippen LogP contribution in [0.1, 0.15) is 25.7 Å². The lowest BCUT2D eigenvalue weighted by Crippen LogP contribution is -2.44. The normalized spacial score (nSPS) is 47.4. The highest BCUT2D eigenvalue weighted by Gasteiger charge is 2.50. The number of hydrogen-bond donors (Lipinski definition) is 0. The summed E-state index contributed by atoms with van der Waals surface area (Å²) in [5, 5.41) is 0. The molecule has 0 radical (unpaired) electrons. The summed E-state index contributed by atoms with van der Waals surface area (Å²) in [4.78, 5) is 0. The molecule has 1 nitrogen and oxygen atoms in total. The molecule has 3 atom stereocenters. The topological polar surface area (TPSA) is 9.23 Å². The van der Waals surface area contributed by atoms with Crippen LogP contribution in [0.15, 0.2) is 24.3 Å². The number of rotatable bonds is 0. The van der Waals surface area contributed by atoms with Crippen LogP contribution >= 0.6 is 0 Å². The molecule has 3 aliphatic rings. The lowest BCUT2D eigenvalue weighted by atomic mass is 9.76. The Balaban J connectivity index is 2.00. The summed E-state index contributed by atoms with van der Waals surface area (Å²) in [5.41, 5.74) is 0.212. The summed E-state index contributed by atoms with van der Waals surface area (Å²) >= 11 is 0. The highest BCUT2D eigenvalue weighted by Crippen LogP contribution is 2.50. The second-order valence-corrected chi connectivity index (χ2v) is 4.45. The van der Waals surface area contributed by atoms with Gasteiger partial charge in [-0.2, -0.15) is 0 Å². The molecule has 13 heavy (non-hydrogen) atoms. The zero-order valence-corrected chi connectivity index (χ0v) is 7.91. The number of hydrogen-bond acceptors (Lipinski definition) is 1. The molecule has 0 N–H and O–H groups in total. The molecule has 1 saturated carbocycles. The van der Waals surface area contributed by atoms with Crippen molar-refractivity contribution in [3.63, 3.8) is 0 Å². The summed E-state index contributed by atoms with van der Waals surface area (Å²) in [7, 11) is 0. The van der Waals surface area contributed by atoms with Crippen LogP contribution in [-0.2, 0) is 4.74 Å². The molecular formula is C12H16O. The number of ether oxygens (including phenoxy) is 1. The third-order valence-corrected chi connectivity index (χ3v) is 3.93. The first-order chi connectivity index (χ1) is 6.42. The maximum atomic E-state index is 6.06. The first kappa shape index (κ1) is 7.81. The lowest BCUT2D eigenvalue weighted by Gasteiger charge is -2.42. The Morgan fingerprint density at radius 2 is 1.85 bits per heavy atom. The fourth-order valence-electron chi connectivity index (χ4n) is 3.29. The second-order valence-electron chi connectivity index (χ2n) is 4.45. The van der Waals surface area contributed by atoms with E-state index in [1.165, 1.54) is 25.7 Å². The van der Waals surface area contributed by atoms with Gasteiger partial charge in [0.05, 0.1) is 12.2 Å². The zero-order valence-electron chi connectivity index (χ0n) is 7.91. The van der Waals surface area contributed by atoms with Gasteiger partial charge in [-0.3, -0.25) is 0 Å². The van der Waals surface area contributed by atoms with Crippen LogP contribution < -0.4 is 0 Å². The van der Waals surface area contributed by atoms with Crippen molar-refractivity contribution in [3.8, 4) is 0 Å². The van der Waals surface area contributed by atoms with E-state index >= 15 is 0 Å². The van der Waals surface area contributed by atoms with E-state index in [4.69, 9.17) is 4.74 Å². The molecule has 1 heterocycles. The van der Waals surface area contributed by atoms with E-state index in [0.29, 0.717) is 11.8 Å². The van der Waals surface area contributed by atoms with E-state index in [1.807, 2.05) is 0 Å². The average molecular weight is 176 g/mol. The molecule has 1 aliphatic heterocycles. The minimum atomic E-state index is 0.212. The standard InChI is InChI=1S/C12H16O/c1-2-8-12-10(4-1)6-7-11(12)5-3-9-13-12/h1,3-5,10-11H,2,6-9H2/t10-,11+,12-/m1/s1. The van der Waals surface area contributed by atoms with Crippen molar-refractivity contribution >= 4 is 0 Å². The van der Waals surface area contributed by atoms with Crippen molar-refractivity contribution in [2.24, 2.45) is 11.8 Å². The molecular weight excluding hydrogens is 160 g/mol. The van der Waals surface area contributed by atoms with Gasteiger partial charge in [0.25, 0.3) is 0 Å². The van der Waals surface area contributed by atoms with Gasteiger partial charge in [0.2, 0.25) is 0 Å². The summed E-state index contributed by atoms with van der Waals surface area (Å²) in [5.74, 6) is 1.41. The van der Waals surface area contributed by atoms with Crippen LogP contribution in [-0.4, -0.2) is 12.2 Å². The summed E-state index contributed by atoms with van der Waals surface area (Å²) in [6, 6.07) is 0. The molecule has 3 rings (SSSR count). The van der Waals surface area contributed by atoms with E-state index in [-0.39, 0.29) is 5.60 Å². The van der Waals surface area contributed by atoms with E-state index < -0.39 is 0 Å². The zero-order chi connectivity index (χ0) is 8.73.